The molecule has 2 aliphatic heterocycles. The molecule has 0 spiro atoms. The van der Waals surface area contributed by atoms with Crippen LogP contribution in [0.15, 0.2) is 0 Å². The van der Waals surface area contributed by atoms with E-state index in [4.69, 9.17) is 15.2 Å². The first-order valence-electron chi connectivity index (χ1n) is 6.15. The van der Waals surface area contributed by atoms with Gasteiger partial charge in [0.1, 0.15) is 0 Å². The zero-order valence-corrected chi connectivity index (χ0v) is 9.71. The predicted octanol–water partition coefficient (Wildman–Crippen LogP) is 1.41. The largest absolute Gasteiger partial charge is 0.381 e. The van der Waals surface area contributed by atoms with Crippen LogP contribution in [0.4, 0.5) is 0 Å². The molecule has 0 saturated carbocycles. The predicted molar refractivity (Wildman–Crippen MR) is 59.6 cm³/mol. The van der Waals surface area contributed by atoms with Gasteiger partial charge in [-0.05, 0) is 37.6 Å². The molecule has 3 heteroatoms. The van der Waals surface area contributed by atoms with Crippen LogP contribution in [0.2, 0.25) is 0 Å². The molecule has 2 aliphatic rings. The minimum Gasteiger partial charge on any atom is -0.381 e. The van der Waals surface area contributed by atoms with E-state index in [1.165, 1.54) is 12.8 Å². The first kappa shape index (κ1) is 11.4. The van der Waals surface area contributed by atoms with Gasteiger partial charge < -0.3 is 15.2 Å². The molecule has 88 valence electrons. The molecule has 2 N–H and O–H groups in total. The molecule has 0 bridgehead atoms. The third kappa shape index (κ3) is 2.05. The van der Waals surface area contributed by atoms with Crippen LogP contribution in [0.3, 0.4) is 0 Å². The van der Waals surface area contributed by atoms with Gasteiger partial charge in [-0.1, -0.05) is 6.92 Å². The summed E-state index contributed by atoms with van der Waals surface area (Å²) < 4.78 is 10.9. The van der Waals surface area contributed by atoms with Crippen molar-refractivity contribution in [3.8, 4) is 0 Å². The third-order valence-corrected chi connectivity index (χ3v) is 4.36. The van der Waals surface area contributed by atoms with E-state index in [1.54, 1.807) is 0 Å². The number of hydrogen-bond acceptors (Lipinski definition) is 3. The van der Waals surface area contributed by atoms with E-state index >= 15 is 0 Å². The maximum atomic E-state index is 5.67. The Bertz CT molecular complexity index is 198. The third-order valence-electron chi connectivity index (χ3n) is 4.36. The second-order valence-corrected chi connectivity index (χ2v) is 5.09. The van der Waals surface area contributed by atoms with Gasteiger partial charge in [-0.2, -0.15) is 0 Å². The van der Waals surface area contributed by atoms with Crippen molar-refractivity contribution in [3.63, 3.8) is 0 Å². The molecule has 0 aromatic heterocycles. The number of hydrogen-bond donors (Lipinski definition) is 1. The number of ether oxygens (including phenoxy) is 2. The summed E-state index contributed by atoms with van der Waals surface area (Å²) in [5.74, 6) is 1.49. The van der Waals surface area contributed by atoms with Gasteiger partial charge in [0.25, 0.3) is 0 Å². The summed E-state index contributed by atoms with van der Waals surface area (Å²) in [7, 11) is 0. The molecule has 15 heavy (non-hydrogen) atoms. The standard InChI is InChI=1S/C12H23NO2/c1-10(2-5-13)12(8-15-9-12)11-3-6-14-7-4-11/h10-11H,2-9,13H2,1H3. The molecule has 2 saturated heterocycles. The Morgan fingerprint density at radius 1 is 1.27 bits per heavy atom. The molecule has 2 heterocycles. The highest BCUT2D eigenvalue weighted by Crippen LogP contribution is 2.47. The molecule has 3 nitrogen and oxygen atoms in total. The highest BCUT2D eigenvalue weighted by atomic mass is 16.5. The molecule has 0 aromatic rings. The van der Waals surface area contributed by atoms with Gasteiger partial charge in [0.2, 0.25) is 0 Å². The van der Waals surface area contributed by atoms with E-state index in [0.29, 0.717) is 11.3 Å². The van der Waals surface area contributed by atoms with Gasteiger partial charge in [-0.15, -0.1) is 0 Å². The van der Waals surface area contributed by atoms with Crippen LogP contribution >= 0.6 is 0 Å². The summed E-state index contributed by atoms with van der Waals surface area (Å²) in [6, 6.07) is 0. The smallest absolute Gasteiger partial charge is 0.0550 e. The van der Waals surface area contributed by atoms with Crippen molar-refractivity contribution in [2.45, 2.75) is 26.2 Å². The summed E-state index contributed by atoms with van der Waals surface area (Å²) in [5.41, 5.74) is 6.09. The lowest BCUT2D eigenvalue weighted by Gasteiger charge is -2.52. The molecule has 0 aromatic carbocycles. The average molecular weight is 213 g/mol. The zero-order valence-electron chi connectivity index (χ0n) is 9.71. The fourth-order valence-electron chi connectivity index (χ4n) is 3.07. The van der Waals surface area contributed by atoms with E-state index in [-0.39, 0.29) is 0 Å². The Kier molecular flexibility index (Phi) is 3.65. The molecule has 1 unspecified atom stereocenters. The van der Waals surface area contributed by atoms with E-state index < -0.39 is 0 Å². The first-order chi connectivity index (χ1) is 7.29. The van der Waals surface area contributed by atoms with Crippen LogP contribution in [-0.2, 0) is 9.47 Å². The van der Waals surface area contributed by atoms with Crippen molar-refractivity contribution in [1.29, 1.82) is 0 Å². The SMILES string of the molecule is CC(CCN)C1(C2CCOCC2)COC1. The van der Waals surface area contributed by atoms with Crippen LogP contribution in [0.25, 0.3) is 0 Å². The fraction of sp³-hybridized carbons (Fsp3) is 1.00. The summed E-state index contributed by atoms with van der Waals surface area (Å²) in [6.07, 6.45) is 3.54. The Morgan fingerprint density at radius 2 is 1.93 bits per heavy atom. The topological polar surface area (TPSA) is 44.5 Å². The van der Waals surface area contributed by atoms with Gasteiger partial charge in [-0.3, -0.25) is 0 Å². The van der Waals surface area contributed by atoms with Crippen LogP contribution < -0.4 is 5.73 Å². The van der Waals surface area contributed by atoms with E-state index in [9.17, 15) is 0 Å². The van der Waals surface area contributed by atoms with E-state index in [0.717, 1.165) is 45.3 Å². The van der Waals surface area contributed by atoms with Crippen LogP contribution in [0, 0.1) is 17.3 Å². The summed E-state index contributed by atoms with van der Waals surface area (Å²) in [4.78, 5) is 0. The summed E-state index contributed by atoms with van der Waals surface area (Å²) >= 11 is 0. The summed E-state index contributed by atoms with van der Waals surface area (Å²) in [6.45, 7) is 6.89. The minimum absolute atomic E-state index is 0.420. The Morgan fingerprint density at radius 3 is 2.40 bits per heavy atom. The normalized spacial score (nSPS) is 28.4. The van der Waals surface area contributed by atoms with Crippen LogP contribution in [0.5, 0.6) is 0 Å². The number of nitrogens with two attached hydrogens (primary N) is 1. The number of rotatable bonds is 4. The van der Waals surface area contributed by atoms with Crippen molar-refractivity contribution in [1.82, 2.24) is 0 Å². The first-order valence-corrected chi connectivity index (χ1v) is 6.15. The molecular formula is C12H23NO2. The van der Waals surface area contributed by atoms with Gasteiger partial charge in [-0.25, -0.2) is 0 Å². The van der Waals surface area contributed by atoms with Crippen molar-refractivity contribution >= 4 is 0 Å². The van der Waals surface area contributed by atoms with E-state index in [1.807, 2.05) is 0 Å². The zero-order chi connectivity index (χ0) is 10.7. The fourth-order valence-corrected chi connectivity index (χ4v) is 3.07. The molecule has 0 amide bonds. The van der Waals surface area contributed by atoms with Crippen LogP contribution in [-0.4, -0.2) is 33.0 Å². The monoisotopic (exact) mass is 213 g/mol. The van der Waals surface area contributed by atoms with Gasteiger partial charge in [0.05, 0.1) is 13.2 Å². The second-order valence-electron chi connectivity index (χ2n) is 5.09. The summed E-state index contributed by atoms with van der Waals surface area (Å²) in [5, 5.41) is 0. The van der Waals surface area contributed by atoms with Crippen molar-refractivity contribution in [2.24, 2.45) is 23.0 Å². The van der Waals surface area contributed by atoms with Crippen molar-refractivity contribution in [2.75, 3.05) is 33.0 Å². The molecule has 0 aliphatic carbocycles. The Hall–Kier alpha value is -0.120. The van der Waals surface area contributed by atoms with Gasteiger partial charge in [0.15, 0.2) is 0 Å². The van der Waals surface area contributed by atoms with Gasteiger partial charge >= 0.3 is 0 Å². The molecular weight excluding hydrogens is 190 g/mol. The lowest BCUT2D eigenvalue weighted by Crippen LogP contribution is -2.54. The molecule has 0 radical (unpaired) electrons. The Labute approximate surface area is 92.3 Å². The highest BCUT2D eigenvalue weighted by Gasteiger charge is 2.49. The van der Waals surface area contributed by atoms with Crippen LogP contribution in [0.1, 0.15) is 26.2 Å². The van der Waals surface area contributed by atoms with Crippen molar-refractivity contribution in [3.05, 3.63) is 0 Å². The minimum atomic E-state index is 0.420. The molecule has 1 atom stereocenters. The average Bonchev–Trinajstić information content (AvgIpc) is 2.18. The van der Waals surface area contributed by atoms with Gasteiger partial charge in [0, 0.05) is 18.6 Å². The maximum Gasteiger partial charge on any atom is 0.0550 e. The Balaban J connectivity index is 1.99. The molecule has 2 fully saturated rings. The highest BCUT2D eigenvalue weighted by molar-refractivity contribution is 4.96. The van der Waals surface area contributed by atoms with E-state index in [2.05, 4.69) is 6.92 Å². The van der Waals surface area contributed by atoms with Crippen molar-refractivity contribution < 1.29 is 9.47 Å². The molecule has 2 rings (SSSR count). The lowest BCUT2D eigenvalue weighted by atomic mass is 9.62. The second kappa shape index (κ2) is 4.81. The quantitative estimate of drug-likeness (QED) is 0.768. The maximum absolute atomic E-state index is 5.67. The lowest BCUT2D eigenvalue weighted by molar-refractivity contribution is -0.190.